The molecule has 1 aliphatic heterocycles. The molecule has 4 nitrogen and oxygen atoms in total. The number of carbonyl (C=O) groups excluding carboxylic acids is 1. The molecule has 122 valence electrons. The van der Waals surface area contributed by atoms with Crippen molar-refractivity contribution in [2.75, 3.05) is 18.0 Å². The number of piperidine rings is 1. The van der Waals surface area contributed by atoms with Gasteiger partial charge in [-0.2, -0.15) is 0 Å². The third-order valence-corrected chi connectivity index (χ3v) is 4.36. The average Bonchev–Trinajstić information content (AvgIpc) is 3.04. The standard InChI is InChI=1S/C18H22FN3O/c1-2-17-16(8-9-20-17)18(23)21-14-6-4-10-22(12-14)15-7-3-5-13(19)11-15/h3,5,7-9,11,14,20H,2,4,6,10,12H2,1H3,(H,21,23). The Kier molecular flexibility index (Phi) is 4.65. The summed E-state index contributed by atoms with van der Waals surface area (Å²) < 4.78 is 13.4. The van der Waals surface area contributed by atoms with E-state index in [1.165, 1.54) is 6.07 Å². The summed E-state index contributed by atoms with van der Waals surface area (Å²) >= 11 is 0. The fraction of sp³-hybridized carbons (Fsp3) is 0.389. The molecular weight excluding hydrogens is 293 g/mol. The molecule has 0 saturated carbocycles. The highest BCUT2D eigenvalue weighted by molar-refractivity contribution is 5.95. The molecular formula is C18H22FN3O. The number of amides is 1. The lowest BCUT2D eigenvalue weighted by molar-refractivity contribution is 0.0932. The molecule has 23 heavy (non-hydrogen) atoms. The van der Waals surface area contributed by atoms with E-state index in [2.05, 4.69) is 15.2 Å². The maximum Gasteiger partial charge on any atom is 0.253 e. The molecule has 1 aromatic heterocycles. The van der Waals surface area contributed by atoms with Crippen molar-refractivity contribution in [3.05, 3.63) is 53.6 Å². The molecule has 0 aliphatic carbocycles. The molecule has 2 N–H and O–H groups in total. The minimum Gasteiger partial charge on any atom is -0.369 e. The van der Waals surface area contributed by atoms with Gasteiger partial charge in [-0.15, -0.1) is 0 Å². The van der Waals surface area contributed by atoms with Crippen molar-refractivity contribution in [1.29, 1.82) is 0 Å². The number of rotatable bonds is 4. The predicted octanol–water partition coefficient (Wildman–Crippen LogP) is 3.12. The number of aromatic nitrogens is 1. The lowest BCUT2D eigenvalue weighted by atomic mass is 10.0. The van der Waals surface area contributed by atoms with E-state index in [4.69, 9.17) is 0 Å². The average molecular weight is 315 g/mol. The van der Waals surface area contributed by atoms with Gasteiger partial charge in [-0.05, 0) is 43.5 Å². The lowest BCUT2D eigenvalue weighted by Crippen LogP contribution is -2.48. The van der Waals surface area contributed by atoms with Crippen LogP contribution >= 0.6 is 0 Å². The van der Waals surface area contributed by atoms with Gasteiger partial charge < -0.3 is 15.2 Å². The Balaban J connectivity index is 1.66. The summed E-state index contributed by atoms with van der Waals surface area (Å²) in [5.74, 6) is -0.261. The van der Waals surface area contributed by atoms with Crippen LogP contribution in [0, 0.1) is 5.82 Å². The SMILES string of the molecule is CCc1[nH]ccc1C(=O)NC1CCCN(c2cccc(F)c2)C1. The normalized spacial score (nSPS) is 18.0. The Hall–Kier alpha value is -2.30. The summed E-state index contributed by atoms with van der Waals surface area (Å²) in [5.41, 5.74) is 2.55. The molecule has 1 aromatic carbocycles. The van der Waals surface area contributed by atoms with Crippen molar-refractivity contribution in [3.8, 4) is 0 Å². The van der Waals surface area contributed by atoms with Gasteiger partial charge in [0, 0.05) is 36.7 Å². The van der Waals surface area contributed by atoms with Gasteiger partial charge in [0.25, 0.3) is 5.91 Å². The largest absolute Gasteiger partial charge is 0.369 e. The van der Waals surface area contributed by atoms with E-state index in [9.17, 15) is 9.18 Å². The second-order valence-electron chi connectivity index (χ2n) is 5.96. The maximum atomic E-state index is 13.4. The Morgan fingerprint density at radius 3 is 3.09 bits per heavy atom. The van der Waals surface area contributed by atoms with E-state index >= 15 is 0 Å². The number of anilines is 1. The van der Waals surface area contributed by atoms with Gasteiger partial charge >= 0.3 is 0 Å². The second-order valence-corrected chi connectivity index (χ2v) is 5.96. The first-order chi connectivity index (χ1) is 11.2. The van der Waals surface area contributed by atoms with Gasteiger partial charge in [-0.3, -0.25) is 4.79 Å². The van der Waals surface area contributed by atoms with Crippen molar-refractivity contribution in [3.63, 3.8) is 0 Å². The minimum absolute atomic E-state index is 0.0332. The third-order valence-electron chi connectivity index (χ3n) is 4.36. The molecule has 1 aliphatic rings. The monoisotopic (exact) mass is 315 g/mol. The zero-order valence-corrected chi connectivity index (χ0v) is 13.3. The molecule has 5 heteroatoms. The van der Waals surface area contributed by atoms with Gasteiger partial charge in [0.05, 0.1) is 5.56 Å². The molecule has 1 amide bonds. The summed E-state index contributed by atoms with van der Waals surface area (Å²) in [6, 6.07) is 8.53. The smallest absolute Gasteiger partial charge is 0.253 e. The molecule has 0 radical (unpaired) electrons. The van der Waals surface area contributed by atoms with Gasteiger partial charge in [-0.25, -0.2) is 4.39 Å². The van der Waals surface area contributed by atoms with Crippen LogP contribution in [-0.4, -0.2) is 30.0 Å². The first-order valence-electron chi connectivity index (χ1n) is 8.15. The van der Waals surface area contributed by atoms with Crippen LogP contribution in [0.1, 0.15) is 35.8 Å². The summed E-state index contributed by atoms with van der Waals surface area (Å²) in [5, 5.41) is 3.12. The van der Waals surface area contributed by atoms with E-state index in [1.807, 2.05) is 19.1 Å². The Bertz CT molecular complexity index is 682. The molecule has 1 fully saturated rings. The Labute approximate surface area is 135 Å². The molecule has 2 heterocycles. The van der Waals surface area contributed by atoms with E-state index in [0.717, 1.165) is 42.8 Å². The van der Waals surface area contributed by atoms with Crippen LogP contribution in [0.4, 0.5) is 10.1 Å². The summed E-state index contributed by atoms with van der Waals surface area (Å²) in [6.45, 7) is 3.62. The topological polar surface area (TPSA) is 48.1 Å². The predicted molar refractivity (Wildman–Crippen MR) is 89.3 cm³/mol. The van der Waals surface area contributed by atoms with Crippen LogP contribution < -0.4 is 10.2 Å². The fourth-order valence-corrected chi connectivity index (χ4v) is 3.17. The number of hydrogen-bond acceptors (Lipinski definition) is 2. The van der Waals surface area contributed by atoms with Crippen molar-refractivity contribution < 1.29 is 9.18 Å². The van der Waals surface area contributed by atoms with E-state index < -0.39 is 0 Å². The molecule has 1 saturated heterocycles. The molecule has 1 atom stereocenters. The first-order valence-corrected chi connectivity index (χ1v) is 8.15. The Morgan fingerprint density at radius 2 is 2.30 bits per heavy atom. The number of nitrogens with one attached hydrogen (secondary N) is 2. The van der Waals surface area contributed by atoms with Crippen LogP contribution in [0.15, 0.2) is 36.5 Å². The van der Waals surface area contributed by atoms with Crippen LogP contribution in [0.25, 0.3) is 0 Å². The Morgan fingerprint density at radius 1 is 1.43 bits per heavy atom. The molecule has 0 spiro atoms. The number of benzene rings is 1. The molecule has 2 aromatic rings. The van der Waals surface area contributed by atoms with Crippen molar-refractivity contribution in [2.24, 2.45) is 0 Å². The van der Waals surface area contributed by atoms with Crippen LogP contribution in [0.2, 0.25) is 0 Å². The van der Waals surface area contributed by atoms with Crippen molar-refractivity contribution >= 4 is 11.6 Å². The highest BCUT2D eigenvalue weighted by atomic mass is 19.1. The van der Waals surface area contributed by atoms with E-state index in [-0.39, 0.29) is 17.8 Å². The number of halogens is 1. The van der Waals surface area contributed by atoms with Gasteiger partial charge in [-0.1, -0.05) is 13.0 Å². The molecule has 0 bridgehead atoms. The number of H-pyrrole nitrogens is 1. The first kappa shape index (κ1) is 15.6. The number of carbonyl (C=O) groups is 1. The highest BCUT2D eigenvalue weighted by Gasteiger charge is 2.23. The number of hydrogen-bond donors (Lipinski definition) is 2. The summed E-state index contributed by atoms with van der Waals surface area (Å²) in [4.78, 5) is 17.7. The van der Waals surface area contributed by atoms with Crippen molar-refractivity contribution in [1.82, 2.24) is 10.3 Å². The summed E-state index contributed by atoms with van der Waals surface area (Å²) in [6.07, 6.45) is 4.53. The van der Waals surface area contributed by atoms with Crippen LogP contribution in [0.5, 0.6) is 0 Å². The third kappa shape index (κ3) is 3.55. The quantitative estimate of drug-likeness (QED) is 0.911. The second kappa shape index (κ2) is 6.86. The number of aromatic amines is 1. The zero-order chi connectivity index (χ0) is 16.2. The maximum absolute atomic E-state index is 13.4. The fourth-order valence-electron chi connectivity index (χ4n) is 3.17. The van der Waals surface area contributed by atoms with Crippen LogP contribution in [0.3, 0.4) is 0 Å². The zero-order valence-electron chi connectivity index (χ0n) is 13.3. The number of aryl methyl sites for hydroxylation is 1. The van der Waals surface area contributed by atoms with Gasteiger partial charge in [0.15, 0.2) is 0 Å². The minimum atomic E-state index is -0.228. The van der Waals surface area contributed by atoms with E-state index in [0.29, 0.717) is 6.54 Å². The van der Waals surface area contributed by atoms with Gasteiger partial charge in [0.2, 0.25) is 0 Å². The summed E-state index contributed by atoms with van der Waals surface area (Å²) in [7, 11) is 0. The lowest BCUT2D eigenvalue weighted by Gasteiger charge is -2.34. The van der Waals surface area contributed by atoms with Gasteiger partial charge in [0.1, 0.15) is 5.82 Å². The van der Waals surface area contributed by atoms with Crippen LogP contribution in [-0.2, 0) is 6.42 Å². The van der Waals surface area contributed by atoms with Crippen molar-refractivity contribution in [2.45, 2.75) is 32.2 Å². The molecule has 1 unspecified atom stereocenters. The number of nitrogens with zero attached hydrogens (tertiary/aromatic N) is 1. The van der Waals surface area contributed by atoms with E-state index in [1.54, 1.807) is 18.3 Å². The molecule has 3 rings (SSSR count). The highest BCUT2D eigenvalue weighted by Crippen LogP contribution is 2.21.